The van der Waals surface area contributed by atoms with E-state index in [-0.39, 0.29) is 0 Å². The molecule has 0 bridgehead atoms. The number of carbonyl (C=O) groups excluding carboxylic acids is 1. The molecule has 0 rings (SSSR count). The lowest BCUT2D eigenvalue weighted by Gasteiger charge is -2.31. The Morgan fingerprint density at radius 2 is 1.53 bits per heavy atom. The molecule has 0 radical (unpaired) electrons. The van der Waals surface area contributed by atoms with Gasteiger partial charge in [0.1, 0.15) is 0 Å². The fourth-order valence-electron chi connectivity index (χ4n) is 0.950. The van der Waals surface area contributed by atoms with E-state index in [1.165, 1.54) is 0 Å². The van der Waals surface area contributed by atoms with Gasteiger partial charge in [-0.05, 0) is 6.42 Å². The predicted octanol–water partition coefficient (Wildman–Crippen LogP) is 1.46. The number of carbonyl (C=O) groups is 2. The van der Waals surface area contributed by atoms with Crippen LogP contribution < -0.4 is 5.32 Å². The zero-order chi connectivity index (χ0) is 14.1. The minimum absolute atomic E-state index is 0.471. The molecule has 0 saturated heterocycles. The molecule has 0 aromatic rings. The predicted molar refractivity (Wildman–Crippen MR) is 40.9 cm³/mol. The number of halogens is 6. The average Bonchev–Trinajstić information content (AvgIpc) is 2.09. The van der Waals surface area contributed by atoms with Crippen LogP contribution in [0.1, 0.15) is 13.3 Å². The van der Waals surface area contributed by atoms with E-state index < -0.39 is 36.2 Å². The van der Waals surface area contributed by atoms with Gasteiger partial charge in [0.05, 0.1) is 0 Å². The molecule has 0 fully saturated rings. The summed E-state index contributed by atoms with van der Waals surface area (Å²) in [5.74, 6) is -5.57. The largest absolute Gasteiger partial charge is 0.479 e. The molecule has 0 aliphatic rings. The fraction of sp³-hybridized carbons (Fsp3) is 0.714. The van der Waals surface area contributed by atoms with Crippen molar-refractivity contribution >= 4 is 11.9 Å². The second kappa shape index (κ2) is 4.41. The highest BCUT2D eigenvalue weighted by atomic mass is 19.4. The van der Waals surface area contributed by atoms with Crippen LogP contribution in [0.25, 0.3) is 0 Å². The molecule has 0 aliphatic carbocycles. The number of hydrogen-bond acceptors (Lipinski definition) is 2. The lowest BCUT2D eigenvalue weighted by atomic mass is 9.95. The summed E-state index contributed by atoms with van der Waals surface area (Å²) in [7, 11) is 0. The molecule has 0 saturated carbocycles. The molecule has 0 aromatic heterocycles. The highest BCUT2D eigenvalue weighted by molar-refractivity contribution is 5.90. The monoisotopic (exact) mass is 267 g/mol. The summed E-state index contributed by atoms with van der Waals surface area (Å²) < 4.78 is 72.6. The number of rotatable bonds is 3. The van der Waals surface area contributed by atoms with E-state index in [1.54, 1.807) is 0 Å². The zero-order valence-electron chi connectivity index (χ0n) is 8.24. The second-order valence-corrected chi connectivity index (χ2v) is 3.01. The molecule has 1 atom stereocenters. The highest BCUT2D eigenvalue weighted by Crippen LogP contribution is 2.34. The van der Waals surface area contributed by atoms with Crippen molar-refractivity contribution in [2.75, 3.05) is 0 Å². The first kappa shape index (κ1) is 15.5. The number of carboxylic acids is 1. The van der Waals surface area contributed by atoms with E-state index in [2.05, 4.69) is 0 Å². The van der Waals surface area contributed by atoms with Crippen LogP contribution in [0, 0.1) is 0 Å². The zero-order valence-corrected chi connectivity index (χ0v) is 8.24. The van der Waals surface area contributed by atoms with Crippen LogP contribution in [-0.4, -0.2) is 34.9 Å². The molecule has 100 valence electrons. The third-order valence-corrected chi connectivity index (χ3v) is 1.96. The van der Waals surface area contributed by atoms with Gasteiger partial charge in [-0.15, -0.1) is 0 Å². The molecule has 17 heavy (non-hydrogen) atoms. The maximum Gasteiger partial charge on any atom is 0.471 e. The minimum atomic E-state index is -5.60. The molecule has 4 nitrogen and oxygen atoms in total. The third kappa shape index (κ3) is 3.01. The van der Waals surface area contributed by atoms with Crippen LogP contribution in [0.5, 0.6) is 0 Å². The van der Waals surface area contributed by atoms with Crippen LogP contribution in [0.4, 0.5) is 26.3 Å². The number of carboxylic acid groups (broad SMARTS) is 1. The van der Waals surface area contributed by atoms with E-state index in [1.807, 2.05) is 0 Å². The van der Waals surface area contributed by atoms with Crippen LogP contribution in [0.3, 0.4) is 0 Å². The number of alkyl halides is 6. The first-order valence-electron chi connectivity index (χ1n) is 4.08. The Balaban J connectivity index is 5.38. The average molecular weight is 267 g/mol. The molecule has 0 aromatic carbocycles. The Labute approximate surface area is 90.6 Å². The van der Waals surface area contributed by atoms with Gasteiger partial charge in [0.15, 0.2) is 0 Å². The van der Waals surface area contributed by atoms with Gasteiger partial charge < -0.3 is 10.4 Å². The van der Waals surface area contributed by atoms with Crippen molar-refractivity contribution in [1.82, 2.24) is 5.32 Å². The molecular formula is C7H7F6NO3. The van der Waals surface area contributed by atoms with Gasteiger partial charge in [-0.25, -0.2) is 4.79 Å². The van der Waals surface area contributed by atoms with Crippen molar-refractivity contribution in [3.8, 4) is 0 Å². The van der Waals surface area contributed by atoms with Gasteiger partial charge in [0, 0.05) is 0 Å². The molecule has 0 aliphatic heterocycles. The third-order valence-electron chi connectivity index (χ3n) is 1.96. The van der Waals surface area contributed by atoms with E-state index in [0.29, 0.717) is 12.2 Å². The molecule has 1 unspecified atom stereocenters. The molecule has 2 N–H and O–H groups in total. The van der Waals surface area contributed by atoms with Crippen LogP contribution >= 0.6 is 0 Å². The summed E-state index contributed by atoms with van der Waals surface area (Å²) in [4.78, 5) is 20.9. The van der Waals surface area contributed by atoms with E-state index >= 15 is 0 Å². The Morgan fingerprint density at radius 1 is 1.12 bits per heavy atom. The maximum absolute atomic E-state index is 12.4. The number of amides is 1. The minimum Gasteiger partial charge on any atom is -0.479 e. The SMILES string of the molecule is CCC(NC(=O)C(F)(F)F)(C(=O)O)C(F)(F)F. The number of hydrogen-bond donors (Lipinski definition) is 2. The molecule has 10 heteroatoms. The Bertz CT molecular complexity index is 323. The molecular weight excluding hydrogens is 260 g/mol. The van der Waals surface area contributed by atoms with Crippen molar-refractivity contribution < 1.29 is 41.0 Å². The van der Waals surface area contributed by atoms with E-state index in [4.69, 9.17) is 5.11 Å². The lowest BCUT2D eigenvalue weighted by molar-refractivity contribution is -0.218. The van der Waals surface area contributed by atoms with Crippen LogP contribution in [-0.2, 0) is 9.59 Å². The summed E-state index contributed by atoms with van der Waals surface area (Å²) in [5, 5.41) is 8.84. The first-order valence-corrected chi connectivity index (χ1v) is 4.08. The Morgan fingerprint density at radius 3 is 1.71 bits per heavy atom. The second-order valence-electron chi connectivity index (χ2n) is 3.01. The van der Waals surface area contributed by atoms with Crippen molar-refractivity contribution in [2.45, 2.75) is 31.2 Å². The van der Waals surface area contributed by atoms with Crippen LogP contribution in [0.15, 0.2) is 0 Å². The summed E-state index contributed by atoms with van der Waals surface area (Å²) in [5.41, 5.74) is -3.94. The standard InChI is InChI=1S/C7H7F6NO3/c1-2-5(4(16)17,7(11,12)13)14-3(15)6(8,9)10/h2H2,1H3,(H,14,15)(H,16,17). The normalized spacial score (nSPS) is 16.2. The number of nitrogens with one attached hydrogen (secondary N) is 1. The molecule has 0 spiro atoms. The highest BCUT2D eigenvalue weighted by Gasteiger charge is 2.62. The molecule has 0 heterocycles. The van der Waals surface area contributed by atoms with Gasteiger partial charge in [-0.3, -0.25) is 4.79 Å². The first-order chi connectivity index (χ1) is 7.38. The van der Waals surface area contributed by atoms with Crippen molar-refractivity contribution in [3.63, 3.8) is 0 Å². The number of aliphatic carboxylic acids is 1. The van der Waals surface area contributed by atoms with Crippen LogP contribution in [0.2, 0.25) is 0 Å². The summed E-state index contributed by atoms with van der Waals surface area (Å²) >= 11 is 0. The smallest absolute Gasteiger partial charge is 0.471 e. The Kier molecular flexibility index (Phi) is 4.03. The Hall–Kier alpha value is -1.48. The van der Waals surface area contributed by atoms with Gasteiger partial charge in [0.2, 0.25) is 5.54 Å². The van der Waals surface area contributed by atoms with Gasteiger partial charge in [0.25, 0.3) is 0 Å². The quantitative estimate of drug-likeness (QED) is 0.761. The van der Waals surface area contributed by atoms with Gasteiger partial charge >= 0.3 is 24.2 Å². The van der Waals surface area contributed by atoms with Crippen molar-refractivity contribution in [1.29, 1.82) is 0 Å². The maximum atomic E-state index is 12.4. The van der Waals surface area contributed by atoms with E-state index in [9.17, 15) is 35.9 Å². The summed E-state index contributed by atoms with van der Waals surface area (Å²) in [6, 6.07) is 0. The summed E-state index contributed by atoms with van der Waals surface area (Å²) in [6.07, 6.45) is -12.4. The lowest BCUT2D eigenvalue weighted by Crippen LogP contribution is -2.65. The molecule has 1 amide bonds. The van der Waals surface area contributed by atoms with Gasteiger partial charge in [-0.1, -0.05) is 6.92 Å². The summed E-state index contributed by atoms with van der Waals surface area (Å²) in [6.45, 7) is 0.693. The van der Waals surface area contributed by atoms with Gasteiger partial charge in [-0.2, -0.15) is 26.3 Å². The fourth-order valence-corrected chi connectivity index (χ4v) is 0.950. The van der Waals surface area contributed by atoms with E-state index in [0.717, 1.165) is 0 Å². The topological polar surface area (TPSA) is 66.4 Å². The van der Waals surface area contributed by atoms with Crippen molar-refractivity contribution in [2.24, 2.45) is 0 Å². The van der Waals surface area contributed by atoms with Crippen molar-refractivity contribution in [3.05, 3.63) is 0 Å².